The Hall–Kier alpha value is -2.78. The van der Waals surface area contributed by atoms with Crippen LogP contribution in [0.25, 0.3) is 0 Å². The molecule has 2 aromatic rings. The van der Waals surface area contributed by atoms with Crippen LogP contribution in [-0.2, 0) is 19.6 Å². The number of carbonyl (C=O) groups is 2. The lowest BCUT2D eigenvalue weighted by molar-refractivity contribution is -0.138. The van der Waals surface area contributed by atoms with Crippen LogP contribution in [0.5, 0.6) is 0 Å². The van der Waals surface area contributed by atoms with Gasteiger partial charge in [-0.25, -0.2) is 12.8 Å². The molecule has 0 aliphatic carbocycles. The molecule has 9 heteroatoms. The maximum Gasteiger partial charge on any atom is 0.243 e. The maximum atomic E-state index is 14.0. The van der Waals surface area contributed by atoms with E-state index >= 15 is 0 Å². The molecule has 7 nitrogen and oxygen atoms in total. The van der Waals surface area contributed by atoms with Gasteiger partial charge in [-0.15, -0.1) is 0 Å². The Kier molecular flexibility index (Phi) is 7.63. The highest BCUT2D eigenvalue weighted by atomic mass is 32.2. The van der Waals surface area contributed by atoms with Crippen LogP contribution in [0.3, 0.4) is 0 Å². The first-order chi connectivity index (χ1) is 15.2. The number of nitrogens with zero attached hydrogens (tertiary/aromatic N) is 3. The standard InChI is InChI=1S/C23H28FN3O4S/c1-18(20-10-6-7-11-21(20)24)25(2)22(28)12-13-23(29)26-14-16-27(17-15-26)32(30,31)19-8-4-3-5-9-19/h3-11,18H,12-17H2,1-2H3. The fourth-order valence-electron chi connectivity index (χ4n) is 3.71. The minimum Gasteiger partial charge on any atom is -0.340 e. The molecule has 32 heavy (non-hydrogen) atoms. The van der Waals surface area contributed by atoms with Crippen LogP contribution in [0.1, 0.15) is 31.4 Å². The van der Waals surface area contributed by atoms with Gasteiger partial charge in [0, 0.05) is 51.6 Å². The summed E-state index contributed by atoms with van der Waals surface area (Å²) in [7, 11) is -1.99. The summed E-state index contributed by atoms with van der Waals surface area (Å²) in [6.07, 6.45) is 0.0370. The molecular formula is C23H28FN3O4S. The van der Waals surface area contributed by atoms with E-state index in [9.17, 15) is 22.4 Å². The third-order valence-corrected chi connectivity index (χ3v) is 7.77. The Morgan fingerprint density at radius 3 is 2.19 bits per heavy atom. The molecule has 3 rings (SSSR count). The fraction of sp³-hybridized carbons (Fsp3) is 0.391. The monoisotopic (exact) mass is 461 g/mol. The second-order valence-electron chi connectivity index (χ2n) is 7.80. The average molecular weight is 462 g/mol. The summed E-state index contributed by atoms with van der Waals surface area (Å²) in [6.45, 7) is 2.72. The molecule has 0 bridgehead atoms. The minimum atomic E-state index is -3.58. The third-order valence-electron chi connectivity index (χ3n) is 5.85. The Bertz CT molecular complexity index is 1050. The molecule has 1 heterocycles. The minimum absolute atomic E-state index is 0.0106. The van der Waals surface area contributed by atoms with Gasteiger partial charge in [-0.1, -0.05) is 36.4 Å². The van der Waals surface area contributed by atoms with Crippen molar-refractivity contribution in [1.29, 1.82) is 0 Å². The molecule has 0 radical (unpaired) electrons. The number of rotatable bonds is 7. The van der Waals surface area contributed by atoms with Crippen molar-refractivity contribution in [3.8, 4) is 0 Å². The summed E-state index contributed by atoms with van der Waals surface area (Å²) in [6, 6.07) is 14.1. The van der Waals surface area contributed by atoms with Gasteiger partial charge in [0.1, 0.15) is 5.82 Å². The zero-order chi connectivity index (χ0) is 23.3. The van der Waals surface area contributed by atoms with Gasteiger partial charge < -0.3 is 9.80 Å². The molecule has 1 fully saturated rings. The first-order valence-corrected chi connectivity index (χ1v) is 12.0. The van der Waals surface area contributed by atoms with Crippen molar-refractivity contribution >= 4 is 21.8 Å². The lowest BCUT2D eigenvalue weighted by Crippen LogP contribution is -2.50. The summed E-state index contributed by atoms with van der Waals surface area (Å²) < 4.78 is 40.8. The SMILES string of the molecule is CC(c1ccccc1F)N(C)C(=O)CCC(=O)N1CCN(S(=O)(=O)c2ccccc2)CC1. The summed E-state index contributed by atoms with van der Waals surface area (Å²) >= 11 is 0. The van der Waals surface area contributed by atoms with Gasteiger partial charge in [0.15, 0.2) is 0 Å². The number of benzene rings is 2. The van der Waals surface area contributed by atoms with Crippen molar-refractivity contribution in [2.45, 2.75) is 30.7 Å². The normalized spacial score (nSPS) is 15.9. The Morgan fingerprint density at radius 1 is 0.969 bits per heavy atom. The molecular weight excluding hydrogens is 433 g/mol. The quantitative estimate of drug-likeness (QED) is 0.635. The molecule has 172 valence electrons. The van der Waals surface area contributed by atoms with E-state index in [1.54, 1.807) is 67.4 Å². The lowest BCUT2D eigenvalue weighted by atomic mass is 10.1. The zero-order valence-electron chi connectivity index (χ0n) is 18.3. The average Bonchev–Trinajstić information content (AvgIpc) is 2.82. The van der Waals surface area contributed by atoms with E-state index < -0.39 is 16.1 Å². The van der Waals surface area contributed by atoms with Crippen LogP contribution in [0, 0.1) is 5.82 Å². The van der Waals surface area contributed by atoms with Crippen molar-refractivity contribution in [1.82, 2.24) is 14.1 Å². The Balaban J connectivity index is 1.50. The highest BCUT2D eigenvalue weighted by molar-refractivity contribution is 7.89. The first kappa shape index (κ1) is 23.9. The van der Waals surface area contributed by atoms with Crippen LogP contribution in [0.4, 0.5) is 4.39 Å². The van der Waals surface area contributed by atoms with Gasteiger partial charge in [-0.05, 0) is 25.1 Å². The smallest absolute Gasteiger partial charge is 0.243 e. The van der Waals surface area contributed by atoms with E-state index in [4.69, 9.17) is 0 Å². The highest BCUT2D eigenvalue weighted by Crippen LogP contribution is 2.23. The molecule has 0 spiro atoms. The zero-order valence-corrected chi connectivity index (χ0v) is 19.1. The molecule has 2 amide bonds. The topological polar surface area (TPSA) is 78.0 Å². The summed E-state index contributed by atoms with van der Waals surface area (Å²) in [5, 5.41) is 0. The predicted octanol–water partition coefficient (Wildman–Crippen LogP) is 2.66. The van der Waals surface area contributed by atoms with Gasteiger partial charge in [0.2, 0.25) is 21.8 Å². The number of sulfonamides is 1. The first-order valence-electron chi connectivity index (χ1n) is 10.5. The van der Waals surface area contributed by atoms with Crippen LogP contribution < -0.4 is 0 Å². The van der Waals surface area contributed by atoms with Crippen LogP contribution >= 0.6 is 0 Å². The second kappa shape index (κ2) is 10.2. The number of hydrogen-bond donors (Lipinski definition) is 0. The van der Waals surface area contributed by atoms with E-state index in [0.29, 0.717) is 5.56 Å². The van der Waals surface area contributed by atoms with E-state index in [1.165, 1.54) is 15.3 Å². The fourth-order valence-corrected chi connectivity index (χ4v) is 5.15. The molecule has 1 aliphatic rings. The second-order valence-corrected chi connectivity index (χ2v) is 9.74. The molecule has 0 saturated carbocycles. The van der Waals surface area contributed by atoms with Crippen molar-refractivity contribution in [3.63, 3.8) is 0 Å². The molecule has 1 unspecified atom stereocenters. The van der Waals surface area contributed by atoms with Gasteiger partial charge in [-0.3, -0.25) is 9.59 Å². The lowest BCUT2D eigenvalue weighted by Gasteiger charge is -2.34. The maximum absolute atomic E-state index is 14.0. The third kappa shape index (κ3) is 5.34. The van der Waals surface area contributed by atoms with Crippen molar-refractivity contribution in [2.24, 2.45) is 0 Å². The summed E-state index contributed by atoms with van der Waals surface area (Å²) in [4.78, 5) is 28.4. The Labute approximate surface area is 188 Å². The van der Waals surface area contributed by atoms with Gasteiger partial charge in [0.05, 0.1) is 10.9 Å². The molecule has 1 saturated heterocycles. The summed E-state index contributed by atoms with van der Waals surface area (Å²) in [5.74, 6) is -0.819. The summed E-state index contributed by atoms with van der Waals surface area (Å²) in [5.41, 5.74) is 0.422. The van der Waals surface area contributed by atoms with Crippen LogP contribution in [0.2, 0.25) is 0 Å². The van der Waals surface area contributed by atoms with Crippen molar-refractivity contribution in [3.05, 3.63) is 66.0 Å². The molecule has 0 aromatic heterocycles. The van der Waals surface area contributed by atoms with Gasteiger partial charge >= 0.3 is 0 Å². The highest BCUT2D eigenvalue weighted by Gasteiger charge is 2.30. The number of piperazine rings is 1. The van der Waals surface area contributed by atoms with E-state index in [-0.39, 0.29) is 61.5 Å². The van der Waals surface area contributed by atoms with Gasteiger partial charge in [0.25, 0.3) is 0 Å². The number of amides is 2. The number of carbonyl (C=O) groups excluding carboxylic acids is 2. The van der Waals surface area contributed by atoms with Gasteiger partial charge in [-0.2, -0.15) is 4.31 Å². The predicted molar refractivity (Wildman–Crippen MR) is 119 cm³/mol. The van der Waals surface area contributed by atoms with Crippen molar-refractivity contribution < 1.29 is 22.4 Å². The van der Waals surface area contributed by atoms with Crippen molar-refractivity contribution in [2.75, 3.05) is 33.2 Å². The number of hydrogen-bond acceptors (Lipinski definition) is 4. The molecule has 1 aliphatic heterocycles. The van der Waals surface area contributed by atoms with E-state index in [0.717, 1.165) is 0 Å². The molecule has 2 aromatic carbocycles. The Morgan fingerprint density at radius 2 is 1.56 bits per heavy atom. The number of halogens is 1. The molecule has 1 atom stereocenters. The van der Waals surface area contributed by atoms with Crippen LogP contribution in [-0.4, -0.2) is 67.6 Å². The largest absolute Gasteiger partial charge is 0.340 e. The van der Waals surface area contributed by atoms with E-state index in [2.05, 4.69) is 0 Å². The molecule has 0 N–H and O–H groups in total. The van der Waals surface area contributed by atoms with E-state index in [1.807, 2.05) is 0 Å². The van der Waals surface area contributed by atoms with Crippen LogP contribution in [0.15, 0.2) is 59.5 Å².